The molecule has 4 heterocycles. The average molecular weight is 463 g/mol. The molecule has 8 heteroatoms. The van der Waals surface area contributed by atoms with E-state index in [0.717, 1.165) is 42.1 Å². The van der Waals surface area contributed by atoms with E-state index in [0.29, 0.717) is 37.4 Å². The lowest BCUT2D eigenvalue weighted by atomic mass is 10.1. The van der Waals surface area contributed by atoms with Gasteiger partial charge in [-0.3, -0.25) is 0 Å². The number of morpholine rings is 1. The lowest BCUT2D eigenvalue weighted by molar-refractivity contribution is 0.0448. The standard InChI is InChI=1S/C25H26N4O3S/c30-25(28-9-11-31-12-10-28)29-16-19-14-27(15-20(19)17-29)13-18-5-7-21(8-6-18)32-24-26-22-3-1-2-4-23(22)33-24/h1-8,14,20H,9-13,15-17H2. The Bertz CT molecular complexity index is 1150. The number of likely N-dealkylation sites (tertiary alicyclic amines) is 1. The number of rotatable bonds is 4. The zero-order chi connectivity index (χ0) is 22.2. The Morgan fingerprint density at radius 1 is 1.06 bits per heavy atom. The van der Waals surface area contributed by atoms with Gasteiger partial charge in [-0.05, 0) is 35.4 Å². The molecule has 3 aliphatic rings. The Morgan fingerprint density at radius 2 is 1.88 bits per heavy atom. The Morgan fingerprint density at radius 3 is 2.67 bits per heavy atom. The number of urea groups is 1. The van der Waals surface area contributed by atoms with Crippen molar-refractivity contribution in [2.75, 3.05) is 45.9 Å². The van der Waals surface area contributed by atoms with Crippen molar-refractivity contribution in [3.05, 3.63) is 65.9 Å². The molecule has 6 rings (SSSR count). The number of hydrogen-bond donors (Lipinski definition) is 0. The molecule has 2 saturated heterocycles. The van der Waals surface area contributed by atoms with E-state index in [2.05, 4.69) is 34.3 Å². The number of fused-ring (bicyclic) bond motifs is 2. The zero-order valence-electron chi connectivity index (χ0n) is 18.4. The third-order valence-electron chi connectivity index (χ3n) is 6.48. The summed E-state index contributed by atoms with van der Waals surface area (Å²) in [6, 6.07) is 16.5. The van der Waals surface area contributed by atoms with Gasteiger partial charge in [-0.25, -0.2) is 9.78 Å². The van der Waals surface area contributed by atoms with E-state index in [9.17, 15) is 4.79 Å². The number of benzene rings is 2. The van der Waals surface area contributed by atoms with Gasteiger partial charge in [-0.1, -0.05) is 35.6 Å². The maximum atomic E-state index is 12.8. The van der Waals surface area contributed by atoms with Gasteiger partial charge in [0, 0.05) is 51.4 Å². The van der Waals surface area contributed by atoms with Crippen LogP contribution < -0.4 is 4.74 Å². The third-order valence-corrected chi connectivity index (χ3v) is 7.40. The van der Waals surface area contributed by atoms with Crippen LogP contribution in [0.25, 0.3) is 10.2 Å². The molecule has 0 aliphatic carbocycles. The summed E-state index contributed by atoms with van der Waals surface area (Å²) in [7, 11) is 0. The summed E-state index contributed by atoms with van der Waals surface area (Å²) in [6.45, 7) is 6.06. The highest BCUT2D eigenvalue weighted by Crippen LogP contribution is 2.33. The molecule has 0 saturated carbocycles. The van der Waals surface area contributed by atoms with Gasteiger partial charge in [0.15, 0.2) is 0 Å². The molecule has 0 spiro atoms. The van der Waals surface area contributed by atoms with Crippen molar-refractivity contribution in [1.29, 1.82) is 0 Å². The van der Waals surface area contributed by atoms with Crippen LogP contribution in [0.15, 0.2) is 60.3 Å². The number of thiazole rings is 1. The highest BCUT2D eigenvalue weighted by Gasteiger charge is 2.37. The van der Waals surface area contributed by atoms with Gasteiger partial charge in [0.2, 0.25) is 0 Å². The van der Waals surface area contributed by atoms with Crippen molar-refractivity contribution < 1.29 is 14.3 Å². The molecule has 3 aromatic rings. The monoisotopic (exact) mass is 462 g/mol. The van der Waals surface area contributed by atoms with E-state index in [1.54, 1.807) is 11.3 Å². The Hall–Kier alpha value is -3.10. The average Bonchev–Trinajstić information content (AvgIpc) is 3.53. The number of carbonyl (C=O) groups excluding carboxylic acids is 1. The summed E-state index contributed by atoms with van der Waals surface area (Å²) in [5, 5.41) is 0.664. The van der Waals surface area contributed by atoms with Crippen molar-refractivity contribution in [2.24, 2.45) is 5.92 Å². The number of ether oxygens (including phenoxy) is 2. The quantitative estimate of drug-likeness (QED) is 0.583. The summed E-state index contributed by atoms with van der Waals surface area (Å²) in [4.78, 5) is 23.6. The van der Waals surface area contributed by atoms with E-state index < -0.39 is 0 Å². The van der Waals surface area contributed by atoms with Crippen molar-refractivity contribution in [1.82, 2.24) is 19.7 Å². The van der Waals surface area contributed by atoms with E-state index in [1.807, 2.05) is 40.1 Å². The minimum Gasteiger partial charge on any atom is -0.431 e. The molecule has 2 fully saturated rings. The van der Waals surface area contributed by atoms with Gasteiger partial charge < -0.3 is 24.2 Å². The molecule has 1 atom stereocenters. The SMILES string of the molecule is O=C(N1CCOCC1)N1CC2=CN(Cc3ccc(Oc4nc5ccccc5s4)cc3)CC2C1. The molecule has 170 valence electrons. The highest BCUT2D eigenvalue weighted by molar-refractivity contribution is 7.20. The number of nitrogens with zero attached hydrogens (tertiary/aromatic N) is 4. The van der Waals surface area contributed by atoms with Gasteiger partial charge in [-0.2, -0.15) is 0 Å². The summed E-state index contributed by atoms with van der Waals surface area (Å²) in [5.41, 5.74) is 3.57. The molecule has 3 aliphatic heterocycles. The minimum absolute atomic E-state index is 0.156. The van der Waals surface area contributed by atoms with Crippen LogP contribution >= 0.6 is 11.3 Å². The summed E-state index contributed by atoms with van der Waals surface area (Å²) in [6.07, 6.45) is 2.25. The van der Waals surface area contributed by atoms with Crippen LogP contribution in [-0.4, -0.2) is 71.7 Å². The second-order valence-electron chi connectivity index (χ2n) is 8.79. The van der Waals surface area contributed by atoms with Crippen molar-refractivity contribution in [3.8, 4) is 10.9 Å². The first-order valence-corrected chi connectivity index (χ1v) is 12.2. The first kappa shape index (κ1) is 20.5. The van der Waals surface area contributed by atoms with E-state index >= 15 is 0 Å². The van der Waals surface area contributed by atoms with Crippen LogP contribution in [0.5, 0.6) is 10.9 Å². The fraction of sp³-hybridized carbons (Fsp3) is 0.360. The molecule has 2 aromatic carbocycles. The van der Waals surface area contributed by atoms with Crippen LogP contribution in [0.3, 0.4) is 0 Å². The van der Waals surface area contributed by atoms with Crippen LogP contribution in [0.2, 0.25) is 0 Å². The van der Waals surface area contributed by atoms with Crippen LogP contribution in [0.4, 0.5) is 4.79 Å². The summed E-state index contributed by atoms with van der Waals surface area (Å²) >= 11 is 1.56. The largest absolute Gasteiger partial charge is 0.431 e. The van der Waals surface area contributed by atoms with Gasteiger partial charge >= 0.3 is 6.03 Å². The van der Waals surface area contributed by atoms with Gasteiger partial charge in [-0.15, -0.1) is 0 Å². The molecule has 2 amide bonds. The van der Waals surface area contributed by atoms with Crippen LogP contribution in [0, 0.1) is 5.92 Å². The van der Waals surface area contributed by atoms with Crippen molar-refractivity contribution in [3.63, 3.8) is 0 Å². The van der Waals surface area contributed by atoms with Crippen molar-refractivity contribution in [2.45, 2.75) is 6.54 Å². The Labute approximate surface area is 196 Å². The fourth-order valence-electron chi connectivity index (χ4n) is 4.79. The number of amides is 2. The molecule has 7 nitrogen and oxygen atoms in total. The number of para-hydroxylation sites is 1. The molecule has 33 heavy (non-hydrogen) atoms. The normalized spacial score (nSPS) is 20.3. The maximum absolute atomic E-state index is 12.8. The summed E-state index contributed by atoms with van der Waals surface area (Å²) < 4.78 is 12.5. The Balaban J connectivity index is 1.05. The number of aromatic nitrogens is 1. The van der Waals surface area contributed by atoms with Gasteiger partial charge in [0.25, 0.3) is 5.19 Å². The van der Waals surface area contributed by atoms with Gasteiger partial charge in [0.1, 0.15) is 5.75 Å². The van der Waals surface area contributed by atoms with Crippen molar-refractivity contribution >= 4 is 27.6 Å². The lowest BCUT2D eigenvalue weighted by Crippen LogP contribution is -2.47. The minimum atomic E-state index is 0.156. The topological polar surface area (TPSA) is 58.1 Å². The molecule has 0 radical (unpaired) electrons. The zero-order valence-corrected chi connectivity index (χ0v) is 19.2. The lowest BCUT2D eigenvalue weighted by Gasteiger charge is -2.31. The second-order valence-corrected chi connectivity index (χ2v) is 9.78. The predicted molar refractivity (Wildman–Crippen MR) is 127 cm³/mol. The highest BCUT2D eigenvalue weighted by atomic mass is 32.1. The summed E-state index contributed by atoms with van der Waals surface area (Å²) in [5.74, 6) is 1.24. The predicted octanol–water partition coefficient (Wildman–Crippen LogP) is 4.17. The number of hydrogen-bond acceptors (Lipinski definition) is 6. The van der Waals surface area contributed by atoms with Crippen LogP contribution in [0.1, 0.15) is 5.56 Å². The van der Waals surface area contributed by atoms with E-state index in [1.165, 1.54) is 11.1 Å². The van der Waals surface area contributed by atoms with Crippen LogP contribution in [-0.2, 0) is 11.3 Å². The first-order valence-electron chi connectivity index (χ1n) is 11.4. The molecule has 1 aromatic heterocycles. The number of carbonyl (C=O) groups is 1. The van der Waals surface area contributed by atoms with Gasteiger partial charge in [0.05, 0.1) is 23.4 Å². The first-order chi connectivity index (χ1) is 16.2. The smallest absolute Gasteiger partial charge is 0.320 e. The van der Waals surface area contributed by atoms with E-state index in [-0.39, 0.29) is 6.03 Å². The fourth-order valence-corrected chi connectivity index (χ4v) is 5.63. The second kappa shape index (κ2) is 8.68. The molecule has 0 N–H and O–H groups in total. The molecule has 1 unspecified atom stereocenters. The molecule has 0 bridgehead atoms. The third kappa shape index (κ3) is 4.28. The Kier molecular flexibility index (Phi) is 5.39. The van der Waals surface area contributed by atoms with E-state index in [4.69, 9.17) is 9.47 Å². The molecular weight excluding hydrogens is 436 g/mol. The maximum Gasteiger partial charge on any atom is 0.320 e. The molecular formula is C25H26N4O3S.